The first-order valence-corrected chi connectivity index (χ1v) is 5.27. The molecule has 0 spiro atoms. The second kappa shape index (κ2) is 4.18. The Labute approximate surface area is 90.2 Å². The standard InChI is InChI=1S/C10H9NO3S/c12-10(13)8-1-3-14-9(8)5-11-7-2-4-15-6-7/h1-4,6,11H,5H2,(H,12,13). The van der Waals surface area contributed by atoms with Crippen LogP contribution in [0.5, 0.6) is 0 Å². The third-order valence-corrected chi connectivity index (χ3v) is 2.63. The van der Waals surface area contributed by atoms with E-state index in [1.165, 1.54) is 12.3 Å². The molecule has 0 amide bonds. The van der Waals surface area contributed by atoms with Crippen molar-refractivity contribution < 1.29 is 14.3 Å². The molecule has 2 N–H and O–H groups in total. The van der Waals surface area contributed by atoms with E-state index >= 15 is 0 Å². The number of thiophene rings is 1. The van der Waals surface area contributed by atoms with Gasteiger partial charge in [0.05, 0.1) is 12.8 Å². The Balaban J connectivity index is 2.05. The van der Waals surface area contributed by atoms with Gasteiger partial charge in [-0.25, -0.2) is 4.79 Å². The number of nitrogens with one attached hydrogen (secondary N) is 1. The summed E-state index contributed by atoms with van der Waals surface area (Å²) in [6.07, 6.45) is 1.38. The third-order valence-electron chi connectivity index (χ3n) is 1.95. The maximum absolute atomic E-state index is 10.8. The van der Waals surface area contributed by atoms with Gasteiger partial charge < -0.3 is 14.8 Å². The quantitative estimate of drug-likeness (QED) is 0.836. The number of hydrogen-bond donors (Lipinski definition) is 2. The van der Waals surface area contributed by atoms with Crippen molar-refractivity contribution in [3.8, 4) is 0 Å². The minimum atomic E-state index is -0.967. The highest BCUT2D eigenvalue weighted by Gasteiger charge is 2.12. The van der Waals surface area contributed by atoms with Crippen LogP contribution in [0.25, 0.3) is 0 Å². The molecule has 0 aromatic carbocycles. The molecule has 5 heteroatoms. The summed E-state index contributed by atoms with van der Waals surface area (Å²) >= 11 is 1.58. The van der Waals surface area contributed by atoms with Crippen LogP contribution in [0, 0.1) is 0 Å². The summed E-state index contributed by atoms with van der Waals surface area (Å²) < 4.78 is 5.08. The summed E-state index contributed by atoms with van der Waals surface area (Å²) in [6, 6.07) is 3.38. The number of carbonyl (C=O) groups is 1. The molecule has 2 heterocycles. The summed E-state index contributed by atoms with van der Waals surface area (Å²) in [5, 5.41) is 15.8. The molecule has 2 aromatic heterocycles. The van der Waals surface area contributed by atoms with Crippen molar-refractivity contribution in [2.24, 2.45) is 0 Å². The first kappa shape index (κ1) is 9.79. The zero-order chi connectivity index (χ0) is 10.7. The van der Waals surface area contributed by atoms with E-state index in [-0.39, 0.29) is 5.56 Å². The normalized spacial score (nSPS) is 10.1. The van der Waals surface area contributed by atoms with Crippen LogP contribution in [-0.4, -0.2) is 11.1 Å². The van der Waals surface area contributed by atoms with Gasteiger partial charge in [-0.3, -0.25) is 0 Å². The average Bonchev–Trinajstić information content (AvgIpc) is 2.86. The number of carboxylic acid groups (broad SMARTS) is 1. The van der Waals surface area contributed by atoms with Crippen molar-refractivity contribution in [2.75, 3.05) is 5.32 Å². The van der Waals surface area contributed by atoms with Crippen LogP contribution in [0.1, 0.15) is 16.1 Å². The molecule has 0 saturated heterocycles. The average molecular weight is 223 g/mol. The van der Waals surface area contributed by atoms with E-state index in [0.29, 0.717) is 12.3 Å². The van der Waals surface area contributed by atoms with Gasteiger partial charge in [-0.05, 0) is 17.5 Å². The van der Waals surface area contributed by atoms with Gasteiger partial charge in [0.2, 0.25) is 0 Å². The van der Waals surface area contributed by atoms with Crippen molar-refractivity contribution in [1.82, 2.24) is 0 Å². The molecule has 0 fully saturated rings. The van der Waals surface area contributed by atoms with Crippen molar-refractivity contribution in [3.05, 3.63) is 40.5 Å². The lowest BCUT2D eigenvalue weighted by Gasteiger charge is -2.01. The highest BCUT2D eigenvalue weighted by atomic mass is 32.1. The minimum Gasteiger partial charge on any atom is -0.478 e. The second-order valence-corrected chi connectivity index (χ2v) is 3.71. The molecule has 78 valence electrons. The predicted molar refractivity (Wildman–Crippen MR) is 57.3 cm³/mol. The molecular weight excluding hydrogens is 214 g/mol. The van der Waals surface area contributed by atoms with Crippen LogP contribution < -0.4 is 5.32 Å². The zero-order valence-electron chi connectivity index (χ0n) is 7.77. The summed E-state index contributed by atoms with van der Waals surface area (Å²) in [5.74, 6) is -0.528. The molecule has 0 saturated carbocycles. The third kappa shape index (κ3) is 2.19. The van der Waals surface area contributed by atoms with Crippen molar-refractivity contribution in [3.63, 3.8) is 0 Å². The van der Waals surface area contributed by atoms with Crippen LogP contribution in [0.15, 0.2) is 33.6 Å². The van der Waals surface area contributed by atoms with E-state index < -0.39 is 5.97 Å². The highest BCUT2D eigenvalue weighted by molar-refractivity contribution is 7.08. The van der Waals surface area contributed by atoms with E-state index in [9.17, 15) is 4.79 Å². The molecular formula is C10H9NO3S. The van der Waals surface area contributed by atoms with Crippen LogP contribution in [0.3, 0.4) is 0 Å². The summed E-state index contributed by atoms with van der Waals surface area (Å²) in [4.78, 5) is 10.8. The van der Waals surface area contributed by atoms with E-state index in [4.69, 9.17) is 9.52 Å². The number of carboxylic acids is 1. The number of anilines is 1. The van der Waals surface area contributed by atoms with E-state index in [2.05, 4.69) is 5.32 Å². The van der Waals surface area contributed by atoms with Crippen LogP contribution >= 0.6 is 11.3 Å². The maximum atomic E-state index is 10.8. The topological polar surface area (TPSA) is 62.5 Å². The van der Waals surface area contributed by atoms with Crippen molar-refractivity contribution in [1.29, 1.82) is 0 Å². The van der Waals surface area contributed by atoms with Gasteiger partial charge in [-0.15, -0.1) is 0 Å². The molecule has 0 aliphatic rings. The Morgan fingerprint density at radius 3 is 3.07 bits per heavy atom. The molecule has 0 aliphatic heterocycles. The van der Waals surface area contributed by atoms with Crippen molar-refractivity contribution >= 4 is 23.0 Å². The number of rotatable bonds is 4. The fourth-order valence-electron chi connectivity index (χ4n) is 1.22. The SMILES string of the molecule is O=C(O)c1ccoc1CNc1ccsc1. The highest BCUT2D eigenvalue weighted by Crippen LogP contribution is 2.16. The predicted octanol–water partition coefficient (Wildman–Crippen LogP) is 2.65. The Kier molecular flexibility index (Phi) is 2.73. The monoisotopic (exact) mass is 223 g/mol. The molecule has 4 nitrogen and oxygen atoms in total. The molecule has 2 aromatic rings. The molecule has 0 aliphatic carbocycles. The van der Waals surface area contributed by atoms with Gasteiger partial charge in [-0.1, -0.05) is 0 Å². The fraction of sp³-hybridized carbons (Fsp3) is 0.100. The number of furan rings is 1. The first-order chi connectivity index (χ1) is 7.27. The lowest BCUT2D eigenvalue weighted by atomic mass is 10.2. The smallest absolute Gasteiger partial charge is 0.339 e. The Morgan fingerprint density at radius 1 is 1.53 bits per heavy atom. The molecule has 0 radical (unpaired) electrons. The molecule has 0 atom stereocenters. The number of hydrogen-bond acceptors (Lipinski definition) is 4. The van der Waals surface area contributed by atoms with E-state index in [0.717, 1.165) is 5.69 Å². The van der Waals surface area contributed by atoms with Crippen molar-refractivity contribution in [2.45, 2.75) is 6.54 Å². The van der Waals surface area contributed by atoms with Gasteiger partial charge >= 0.3 is 5.97 Å². The lowest BCUT2D eigenvalue weighted by molar-refractivity contribution is 0.0694. The van der Waals surface area contributed by atoms with Gasteiger partial charge in [0.25, 0.3) is 0 Å². The van der Waals surface area contributed by atoms with Crippen LogP contribution in [-0.2, 0) is 6.54 Å². The van der Waals surface area contributed by atoms with E-state index in [1.54, 1.807) is 11.3 Å². The van der Waals surface area contributed by atoms with Gasteiger partial charge in [0, 0.05) is 11.1 Å². The largest absolute Gasteiger partial charge is 0.478 e. The zero-order valence-corrected chi connectivity index (χ0v) is 8.58. The summed E-state index contributed by atoms with van der Waals surface area (Å²) in [7, 11) is 0. The van der Waals surface area contributed by atoms with Crippen LogP contribution in [0.4, 0.5) is 5.69 Å². The first-order valence-electron chi connectivity index (χ1n) is 4.33. The molecule has 0 bridgehead atoms. The number of aromatic carboxylic acids is 1. The fourth-order valence-corrected chi connectivity index (χ4v) is 1.83. The molecule has 2 rings (SSSR count). The summed E-state index contributed by atoms with van der Waals surface area (Å²) in [6.45, 7) is 0.380. The molecule has 0 unspecified atom stereocenters. The maximum Gasteiger partial charge on any atom is 0.339 e. The Bertz CT molecular complexity index is 447. The van der Waals surface area contributed by atoms with E-state index in [1.807, 2.05) is 16.8 Å². The lowest BCUT2D eigenvalue weighted by Crippen LogP contribution is -2.03. The Hall–Kier alpha value is -1.75. The van der Waals surface area contributed by atoms with Gasteiger partial charge in [0.15, 0.2) is 0 Å². The second-order valence-electron chi connectivity index (χ2n) is 2.93. The van der Waals surface area contributed by atoms with Gasteiger partial charge in [-0.2, -0.15) is 11.3 Å². The van der Waals surface area contributed by atoms with Crippen LogP contribution in [0.2, 0.25) is 0 Å². The van der Waals surface area contributed by atoms with Gasteiger partial charge in [0.1, 0.15) is 11.3 Å². The minimum absolute atomic E-state index is 0.206. The Morgan fingerprint density at radius 2 is 2.40 bits per heavy atom. The molecule has 15 heavy (non-hydrogen) atoms. The summed E-state index contributed by atoms with van der Waals surface area (Å²) in [5.41, 5.74) is 1.17.